The number of benzene rings is 1. The van der Waals surface area contributed by atoms with E-state index >= 15 is 0 Å². The van der Waals surface area contributed by atoms with Gasteiger partial charge in [0, 0.05) is 12.8 Å². The second-order valence-corrected chi connectivity index (χ2v) is 9.19. The molecule has 0 bridgehead atoms. The maximum atomic E-state index is 12.1. The van der Waals surface area contributed by atoms with E-state index in [2.05, 4.69) is 24.4 Å². The average Bonchev–Trinajstić information content (AvgIpc) is 2.81. The van der Waals surface area contributed by atoms with Crippen LogP contribution in [0.3, 0.4) is 0 Å². The van der Waals surface area contributed by atoms with Crippen molar-refractivity contribution in [1.82, 2.24) is 5.32 Å². The minimum atomic E-state index is -0.982. The van der Waals surface area contributed by atoms with Gasteiger partial charge in [-0.15, -0.1) is 0 Å². The number of nitrogens with one attached hydrogen (secondary N) is 1. The summed E-state index contributed by atoms with van der Waals surface area (Å²) in [5.41, 5.74) is 0.915. The number of carbonyl (C=O) groups excluding carboxylic acids is 1. The molecule has 0 saturated carbocycles. The Bertz CT molecular complexity index is 642. The van der Waals surface area contributed by atoms with E-state index < -0.39 is 12.0 Å². The van der Waals surface area contributed by atoms with E-state index in [0.717, 1.165) is 24.8 Å². The third-order valence-electron chi connectivity index (χ3n) is 6.08. The van der Waals surface area contributed by atoms with Crippen molar-refractivity contribution in [2.45, 2.75) is 122 Å². The Hall–Kier alpha value is -2.10. The van der Waals surface area contributed by atoms with Crippen LogP contribution in [0.1, 0.15) is 115 Å². The van der Waals surface area contributed by atoms with Crippen molar-refractivity contribution >= 4 is 11.9 Å². The lowest BCUT2D eigenvalue weighted by molar-refractivity contribution is -0.141. The average molecular weight is 458 g/mol. The van der Waals surface area contributed by atoms with Crippen LogP contribution in [-0.2, 0) is 16.0 Å². The van der Waals surface area contributed by atoms with Gasteiger partial charge in [-0.1, -0.05) is 114 Å². The molecule has 1 amide bonds. The smallest absolute Gasteiger partial charge is 0.326 e. The highest BCUT2D eigenvalue weighted by atomic mass is 16.4. The number of carboxylic acid groups (broad SMARTS) is 1. The Kier molecular flexibility index (Phi) is 18.0. The molecule has 1 aromatic rings. The van der Waals surface area contributed by atoms with Crippen LogP contribution in [0.15, 0.2) is 42.5 Å². The third kappa shape index (κ3) is 17.1. The number of rotatable bonds is 21. The summed E-state index contributed by atoms with van der Waals surface area (Å²) >= 11 is 0. The standard InChI is InChI=1S/C29H47NO3/c1-2-3-4-5-6-7-8-9-10-11-12-13-14-15-16-17-21-24-28(31)30-27(29(32)33)25-26-22-19-18-20-23-26/h9-10,18-20,22-23,27H,2-8,11-17,21,24-25H2,1H3,(H,30,31)(H,32,33)/b10-9-/t27-/m0/s1. The summed E-state index contributed by atoms with van der Waals surface area (Å²) in [4.78, 5) is 23.6. The summed E-state index contributed by atoms with van der Waals surface area (Å²) in [5, 5.41) is 12.1. The molecule has 0 saturated heterocycles. The number of carbonyl (C=O) groups is 2. The molecular formula is C29H47NO3. The quantitative estimate of drug-likeness (QED) is 0.147. The van der Waals surface area contributed by atoms with Crippen molar-refractivity contribution in [2.24, 2.45) is 0 Å². The zero-order valence-electron chi connectivity index (χ0n) is 20.9. The summed E-state index contributed by atoms with van der Waals surface area (Å²) in [5.74, 6) is -1.14. The molecule has 0 unspecified atom stereocenters. The number of unbranched alkanes of at least 4 members (excludes halogenated alkanes) is 13. The lowest BCUT2D eigenvalue weighted by Gasteiger charge is -2.14. The van der Waals surface area contributed by atoms with Crippen molar-refractivity contribution in [3.63, 3.8) is 0 Å². The van der Waals surface area contributed by atoms with Gasteiger partial charge < -0.3 is 10.4 Å². The van der Waals surface area contributed by atoms with Gasteiger partial charge in [-0.05, 0) is 37.7 Å². The first-order chi connectivity index (χ1) is 16.1. The van der Waals surface area contributed by atoms with Gasteiger partial charge in [0.25, 0.3) is 0 Å². The number of amides is 1. The van der Waals surface area contributed by atoms with E-state index in [0.29, 0.717) is 12.8 Å². The zero-order chi connectivity index (χ0) is 24.0. The van der Waals surface area contributed by atoms with Crippen molar-refractivity contribution < 1.29 is 14.7 Å². The molecule has 0 aliphatic heterocycles. The first-order valence-corrected chi connectivity index (χ1v) is 13.3. The number of hydrogen-bond acceptors (Lipinski definition) is 2. The van der Waals surface area contributed by atoms with Gasteiger partial charge in [-0.3, -0.25) is 4.79 Å². The normalized spacial score (nSPS) is 12.2. The Morgan fingerprint density at radius 2 is 1.30 bits per heavy atom. The minimum absolute atomic E-state index is 0.161. The first kappa shape index (κ1) is 28.9. The molecule has 186 valence electrons. The monoisotopic (exact) mass is 457 g/mol. The van der Waals surface area contributed by atoms with Crippen LogP contribution in [0, 0.1) is 0 Å². The van der Waals surface area contributed by atoms with Crippen LogP contribution in [0.25, 0.3) is 0 Å². The zero-order valence-corrected chi connectivity index (χ0v) is 20.9. The Morgan fingerprint density at radius 3 is 1.85 bits per heavy atom. The van der Waals surface area contributed by atoms with Crippen molar-refractivity contribution in [3.8, 4) is 0 Å². The SMILES string of the molecule is CCCCCCCC/C=C\CCCCCCCCCC(=O)N[C@@H](Cc1ccccc1)C(=O)O. The van der Waals surface area contributed by atoms with Crippen LogP contribution >= 0.6 is 0 Å². The van der Waals surface area contributed by atoms with Crippen LogP contribution in [0.2, 0.25) is 0 Å². The van der Waals surface area contributed by atoms with Gasteiger partial charge in [-0.2, -0.15) is 0 Å². The minimum Gasteiger partial charge on any atom is -0.480 e. The van der Waals surface area contributed by atoms with Crippen LogP contribution in [0.4, 0.5) is 0 Å². The molecule has 2 N–H and O–H groups in total. The van der Waals surface area contributed by atoms with Crippen LogP contribution in [0.5, 0.6) is 0 Å². The van der Waals surface area contributed by atoms with Crippen LogP contribution < -0.4 is 5.32 Å². The predicted molar refractivity (Wildman–Crippen MR) is 138 cm³/mol. The molecule has 0 fully saturated rings. The molecule has 1 rings (SSSR count). The Morgan fingerprint density at radius 1 is 0.788 bits per heavy atom. The second kappa shape index (κ2) is 20.5. The van der Waals surface area contributed by atoms with Gasteiger partial charge in [0.2, 0.25) is 5.91 Å². The lowest BCUT2D eigenvalue weighted by atomic mass is 10.0. The van der Waals surface area contributed by atoms with Gasteiger partial charge in [-0.25, -0.2) is 4.79 Å². The topological polar surface area (TPSA) is 66.4 Å². The number of hydrogen-bond donors (Lipinski definition) is 2. The Labute approximate surface area is 202 Å². The molecule has 4 heteroatoms. The third-order valence-corrected chi connectivity index (χ3v) is 6.08. The highest BCUT2D eigenvalue weighted by Gasteiger charge is 2.19. The molecule has 0 aromatic heterocycles. The van der Waals surface area contributed by atoms with Crippen molar-refractivity contribution in [1.29, 1.82) is 0 Å². The molecule has 0 radical (unpaired) electrons. The molecule has 0 spiro atoms. The summed E-state index contributed by atoms with van der Waals surface area (Å²) in [6.07, 6.45) is 24.1. The molecular weight excluding hydrogens is 410 g/mol. The van der Waals surface area contributed by atoms with Gasteiger partial charge >= 0.3 is 5.97 Å². The molecule has 33 heavy (non-hydrogen) atoms. The van der Waals surface area contributed by atoms with E-state index in [9.17, 15) is 14.7 Å². The van der Waals surface area contributed by atoms with E-state index in [4.69, 9.17) is 0 Å². The summed E-state index contributed by atoms with van der Waals surface area (Å²) < 4.78 is 0. The molecule has 4 nitrogen and oxygen atoms in total. The maximum Gasteiger partial charge on any atom is 0.326 e. The first-order valence-electron chi connectivity index (χ1n) is 13.3. The molecule has 0 aliphatic carbocycles. The molecule has 1 atom stereocenters. The van der Waals surface area contributed by atoms with E-state index in [1.807, 2.05) is 30.3 Å². The van der Waals surface area contributed by atoms with E-state index in [1.54, 1.807) is 0 Å². The van der Waals surface area contributed by atoms with E-state index in [1.165, 1.54) is 77.0 Å². The molecule has 1 aromatic carbocycles. The number of allylic oxidation sites excluding steroid dienone is 2. The Balaban J connectivity index is 1.94. The lowest BCUT2D eigenvalue weighted by Crippen LogP contribution is -2.42. The highest BCUT2D eigenvalue weighted by Crippen LogP contribution is 2.11. The second-order valence-electron chi connectivity index (χ2n) is 9.19. The predicted octanol–water partition coefficient (Wildman–Crippen LogP) is 7.62. The fourth-order valence-corrected chi connectivity index (χ4v) is 4.03. The molecule has 0 heterocycles. The summed E-state index contributed by atoms with van der Waals surface area (Å²) in [6.45, 7) is 2.26. The summed E-state index contributed by atoms with van der Waals surface area (Å²) in [6, 6.07) is 8.56. The number of carboxylic acids is 1. The van der Waals surface area contributed by atoms with Gasteiger partial charge in [0.15, 0.2) is 0 Å². The maximum absolute atomic E-state index is 12.1. The van der Waals surface area contributed by atoms with Crippen molar-refractivity contribution in [2.75, 3.05) is 0 Å². The van der Waals surface area contributed by atoms with Gasteiger partial charge in [0.1, 0.15) is 6.04 Å². The van der Waals surface area contributed by atoms with Crippen molar-refractivity contribution in [3.05, 3.63) is 48.0 Å². The van der Waals surface area contributed by atoms with E-state index in [-0.39, 0.29) is 5.91 Å². The fraction of sp³-hybridized carbons (Fsp3) is 0.655. The van der Waals surface area contributed by atoms with Gasteiger partial charge in [0.05, 0.1) is 0 Å². The fourth-order valence-electron chi connectivity index (χ4n) is 4.03. The largest absolute Gasteiger partial charge is 0.480 e. The molecule has 0 aliphatic rings. The highest BCUT2D eigenvalue weighted by molar-refractivity contribution is 5.83. The number of aliphatic carboxylic acids is 1. The van der Waals surface area contributed by atoms with Crippen LogP contribution in [-0.4, -0.2) is 23.0 Å². The summed E-state index contributed by atoms with van der Waals surface area (Å²) in [7, 11) is 0.